The Morgan fingerprint density at radius 3 is 2.73 bits per heavy atom. The average molecular weight is 388 g/mol. The van der Waals surface area contributed by atoms with Gasteiger partial charge in [0, 0.05) is 23.7 Å². The summed E-state index contributed by atoms with van der Waals surface area (Å²) in [6.45, 7) is 1.41. The van der Waals surface area contributed by atoms with Crippen molar-refractivity contribution in [1.29, 1.82) is 0 Å². The first kappa shape index (κ1) is 18.0. The second-order valence-electron chi connectivity index (χ2n) is 5.48. The van der Waals surface area contributed by atoms with Crippen LogP contribution in [0.15, 0.2) is 42.6 Å². The summed E-state index contributed by atoms with van der Waals surface area (Å²) in [5, 5.41) is 12.8. The number of pyridine rings is 1. The van der Waals surface area contributed by atoms with Gasteiger partial charge in [0.15, 0.2) is 0 Å². The molecule has 3 rings (SSSR count). The number of nitrogens with zero attached hydrogens (tertiary/aromatic N) is 2. The van der Waals surface area contributed by atoms with Crippen LogP contribution in [-0.4, -0.2) is 27.0 Å². The van der Waals surface area contributed by atoms with Gasteiger partial charge < -0.3 is 10.4 Å². The molecule has 2 heterocycles. The molecule has 1 aromatic carbocycles. The normalized spacial score (nSPS) is 10.5. The van der Waals surface area contributed by atoms with E-state index in [2.05, 4.69) is 15.3 Å². The Labute approximate surface area is 158 Å². The molecule has 2 N–H and O–H groups in total. The summed E-state index contributed by atoms with van der Waals surface area (Å²) in [6, 6.07) is 10.7. The van der Waals surface area contributed by atoms with Crippen LogP contribution in [-0.2, 0) is 16.0 Å². The van der Waals surface area contributed by atoms with Crippen molar-refractivity contribution in [2.75, 3.05) is 5.32 Å². The van der Waals surface area contributed by atoms with Crippen LogP contribution in [0, 0.1) is 0 Å². The van der Waals surface area contributed by atoms with Crippen molar-refractivity contribution in [2.45, 2.75) is 13.3 Å². The van der Waals surface area contributed by atoms with Crippen molar-refractivity contribution in [3.05, 3.63) is 52.6 Å². The van der Waals surface area contributed by atoms with Gasteiger partial charge in [-0.05, 0) is 29.8 Å². The van der Waals surface area contributed by atoms with E-state index in [-0.39, 0.29) is 12.3 Å². The maximum atomic E-state index is 11.3. The minimum absolute atomic E-state index is 0.165. The van der Waals surface area contributed by atoms with E-state index in [1.807, 2.05) is 12.1 Å². The number of rotatable bonds is 5. The topological polar surface area (TPSA) is 92.2 Å². The monoisotopic (exact) mass is 387 g/mol. The number of carbonyl (C=O) groups is 2. The fourth-order valence-electron chi connectivity index (χ4n) is 2.42. The van der Waals surface area contributed by atoms with Gasteiger partial charge in [0.05, 0.1) is 17.0 Å². The van der Waals surface area contributed by atoms with Crippen molar-refractivity contribution in [1.82, 2.24) is 9.97 Å². The van der Waals surface area contributed by atoms with Gasteiger partial charge >= 0.3 is 5.97 Å². The van der Waals surface area contributed by atoms with Crippen molar-refractivity contribution in [3.8, 4) is 21.7 Å². The summed E-state index contributed by atoms with van der Waals surface area (Å²) in [5.74, 6) is -0.752. The van der Waals surface area contributed by atoms with Crippen molar-refractivity contribution >= 4 is 40.6 Å². The summed E-state index contributed by atoms with van der Waals surface area (Å²) in [5.41, 5.74) is 2.22. The molecule has 0 unspecified atom stereocenters. The lowest BCUT2D eigenvalue weighted by Crippen LogP contribution is -2.07. The standard InChI is InChI=1S/C18H14ClN3O3S/c1-10(23)21-14-8-12(5-6-20-14)18-17(11-3-2-4-13(19)7-11)22-15(26-18)9-16(24)25/h2-8H,9H2,1H3,(H,24,25)(H,20,21,23). The molecule has 2 aromatic heterocycles. The van der Waals surface area contributed by atoms with Crippen LogP contribution in [0.25, 0.3) is 21.7 Å². The molecule has 0 aliphatic heterocycles. The molecule has 0 aliphatic rings. The highest BCUT2D eigenvalue weighted by atomic mass is 35.5. The van der Waals surface area contributed by atoms with Gasteiger partial charge in [-0.1, -0.05) is 23.7 Å². The fourth-order valence-corrected chi connectivity index (χ4v) is 3.68. The zero-order valence-electron chi connectivity index (χ0n) is 13.7. The van der Waals surface area contributed by atoms with E-state index in [1.54, 1.807) is 30.5 Å². The predicted octanol–water partition coefficient (Wildman–Crippen LogP) is 4.11. The quantitative estimate of drug-likeness (QED) is 0.687. The lowest BCUT2D eigenvalue weighted by Gasteiger charge is -2.06. The number of hydrogen-bond donors (Lipinski definition) is 2. The smallest absolute Gasteiger partial charge is 0.310 e. The second kappa shape index (κ2) is 7.63. The van der Waals surface area contributed by atoms with Crippen LogP contribution in [0.3, 0.4) is 0 Å². The zero-order chi connectivity index (χ0) is 18.7. The zero-order valence-corrected chi connectivity index (χ0v) is 15.3. The molecule has 0 atom stereocenters. The SMILES string of the molecule is CC(=O)Nc1cc(-c2sc(CC(=O)O)nc2-c2cccc(Cl)c2)ccn1. The van der Waals surface area contributed by atoms with Crippen molar-refractivity contribution in [3.63, 3.8) is 0 Å². The third-order valence-corrected chi connectivity index (χ3v) is 4.74. The summed E-state index contributed by atoms with van der Waals surface area (Å²) in [7, 11) is 0. The Balaban J connectivity index is 2.11. The summed E-state index contributed by atoms with van der Waals surface area (Å²) in [6.07, 6.45) is 1.42. The van der Waals surface area contributed by atoms with Crippen LogP contribution in [0.4, 0.5) is 5.82 Å². The Bertz CT molecular complexity index is 987. The van der Waals surface area contributed by atoms with E-state index in [0.717, 1.165) is 16.0 Å². The maximum absolute atomic E-state index is 11.3. The predicted molar refractivity (Wildman–Crippen MR) is 101 cm³/mol. The molecule has 132 valence electrons. The van der Waals surface area contributed by atoms with Gasteiger partial charge in [-0.3, -0.25) is 9.59 Å². The Kier molecular flexibility index (Phi) is 5.29. The van der Waals surface area contributed by atoms with Crippen molar-refractivity contribution in [2.24, 2.45) is 0 Å². The molecule has 0 fully saturated rings. The molecule has 0 radical (unpaired) electrons. The van der Waals surface area contributed by atoms with E-state index in [1.165, 1.54) is 18.3 Å². The van der Waals surface area contributed by atoms with Crippen LogP contribution < -0.4 is 5.32 Å². The fraction of sp³-hybridized carbons (Fsp3) is 0.111. The van der Waals surface area contributed by atoms with Gasteiger partial charge in [0.25, 0.3) is 0 Å². The number of aromatic nitrogens is 2. The Morgan fingerprint density at radius 1 is 1.23 bits per heavy atom. The van der Waals surface area contributed by atoms with Crippen LogP contribution in [0.1, 0.15) is 11.9 Å². The average Bonchev–Trinajstić information content (AvgIpc) is 2.97. The molecule has 8 heteroatoms. The summed E-state index contributed by atoms with van der Waals surface area (Å²) < 4.78 is 0. The molecule has 0 spiro atoms. The van der Waals surface area contributed by atoms with E-state index < -0.39 is 5.97 Å². The van der Waals surface area contributed by atoms with E-state index in [9.17, 15) is 9.59 Å². The number of carboxylic acids is 1. The van der Waals surface area contributed by atoms with Crippen LogP contribution in [0.5, 0.6) is 0 Å². The lowest BCUT2D eigenvalue weighted by molar-refractivity contribution is -0.136. The highest BCUT2D eigenvalue weighted by molar-refractivity contribution is 7.15. The third-order valence-electron chi connectivity index (χ3n) is 3.40. The molecular formula is C18H14ClN3O3S. The Hall–Kier alpha value is -2.77. The molecule has 0 aliphatic carbocycles. The number of hydrogen-bond acceptors (Lipinski definition) is 5. The van der Waals surface area contributed by atoms with E-state index in [0.29, 0.717) is 21.5 Å². The van der Waals surface area contributed by atoms with Gasteiger partial charge in [-0.25, -0.2) is 9.97 Å². The number of benzene rings is 1. The minimum Gasteiger partial charge on any atom is -0.481 e. The number of halogens is 1. The second-order valence-corrected chi connectivity index (χ2v) is 7.00. The number of anilines is 1. The van der Waals surface area contributed by atoms with Crippen LogP contribution in [0.2, 0.25) is 5.02 Å². The minimum atomic E-state index is -0.948. The lowest BCUT2D eigenvalue weighted by atomic mass is 10.1. The molecule has 0 bridgehead atoms. The van der Waals surface area contributed by atoms with E-state index >= 15 is 0 Å². The number of amides is 1. The molecule has 3 aromatic rings. The van der Waals surface area contributed by atoms with Gasteiger partial charge in [-0.2, -0.15) is 0 Å². The molecule has 1 amide bonds. The Morgan fingerprint density at radius 2 is 2.04 bits per heavy atom. The van der Waals surface area contributed by atoms with Crippen molar-refractivity contribution < 1.29 is 14.7 Å². The number of thiazole rings is 1. The summed E-state index contributed by atoms with van der Waals surface area (Å²) >= 11 is 7.38. The third kappa shape index (κ3) is 4.25. The number of carboxylic acid groups (broad SMARTS) is 1. The number of aliphatic carboxylic acids is 1. The van der Waals surface area contributed by atoms with E-state index in [4.69, 9.17) is 16.7 Å². The largest absolute Gasteiger partial charge is 0.481 e. The van der Waals surface area contributed by atoms with Gasteiger partial charge in [-0.15, -0.1) is 11.3 Å². The molecule has 0 saturated heterocycles. The summed E-state index contributed by atoms with van der Waals surface area (Å²) in [4.78, 5) is 31.8. The van der Waals surface area contributed by atoms with Gasteiger partial charge in [0.1, 0.15) is 10.8 Å². The van der Waals surface area contributed by atoms with Gasteiger partial charge in [0.2, 0.25) is 5.91 Å². The number of nitrogens with one attached hydrogen (secondary N) is 1. The molecular weight excluding hydrogens is 374 g/mol. The van der Waals surface area contributed by atoms with Crippen LogP contribution >= 0.6 is 22.9 Å². The first-order valence-electron chi connectivity index (χ1n) is 7.64. The highest BCUT2D eigenvalue weighted by Gasteiger charge is 2.17. The molecule has 6 nitrogen and oxygen atoms in total. The maximum Gasteiger partial charge on any atom is 0.310 e. The first-order chi connectivity index (χ1) is 12.4. The highest BCUT2D eigenvalue weighted by Crippen LogP contribution is 2.38. The molecule has 0 saturated carbocycles. The molecule has 26 heavy (non-hydrogen) atoms. The first-order valence-corrected chi connectivity index (χ1v) is 8.83. The number of carbonyl (C=O) groups excluding carboxylic acids is 1.